The number of aromatic carboxylic acids is 1. The first-order valence-electron chi connectivity index (χ1n) is 9.50. The number of nitrogens with zero attached hydrogens (tertiary/aromatic N) is 2. The van der Waals surface area contributed by atoms with Crippen LogP contribution in [0.15, 0.2) is 30.3 Å². The Hall–Kier alpha value is -2.95. The maximum absolute atomic E-state index is 11.6. The molecule has 1 aromatic carbocycles. The number of carboxylic acid groups (broad SMARTS) is 1. The molecule has 0 aliphatic heterocycles. The second-order valence-corrected chi connectivity index (χ2v) is 5.17. The molecule has 0 fully saturated rings. The molecule has 0 unspecified atom stereocenters. The zero-order valence-corrected chi connectivity index (χ0v) is 17.0. The lowest BCUT2D eigenvalue weighted by Gasteiger charge is -2.05. The molecule has 0 bridgehead atoms. The van der Waals surface area contributed by atoms with Crippen LogP contribution in [0.5, 0.6) is 0 Å². The highest BCUT2D eigenvalue weighted by Gasteiger charge is 2.17. The predicted molar refractivity (Wildman–Crippen MR) is 113 cm³/mol. The summed E-state index contributed by atoms with van der Waals surface area (Å²) in [6.45, 7) is 11.9. The van der Waals surface area contributed by atoms with Crippen LogP contribution in [0, 0.1) is 0 Å². The molecule has 5 heteroatoms. The molecule has 3 aromatic rings. The molecular weight excluding hydrogens is 338 g/mol. The SMILES string of the molecule is C/C=c1/nc(-c2nc3ccccc3cc2C(=O)O)[nH]/c1=C/CC.CC.CC. The molecule has 0 aliphatic rings. The summed E-state index contributed by atoms with van der Waals surface area (Å²) in [6.07, 6.45) is 4.77. The Morgan fingerprint density at radius 2 is 1.81 bits per heavy atom. The predicted octanol–water partition coefficient (Wildman–Crippen LogP) is 4.37. The van der Waals surface area contributed by atoms with Crippen molar-refractivity contribution in [1.29, 1.82) is 0 Å². The van der Waals surface area contributed by atoms with Gasteiger partial charge in [0.1, 0.15) is 5.69 Å². The van der Waals surface area contributed by atoms with Crippen molar-refractivity contribution >= 4 is 29.0 Å². The third-order valence-electron chi connectivity index (χ3n) is 3.62. The molecular formula is C22H29N3O2. The first kappa shape index (κ1) is 22.1. The molecule has 0 amide bonds. The first-order chi connectivity index (χ1) is 13.1. The maximum Gasteiger partial charge on any atom is 0.338 e. The quantitative estimate of drug-likeness (QED) is 0.720. The topological polar surface area (TPSA) is 78.9 Å². The van der Waals surface area contributed by atoms with Gasteiger partial charge in [-0.2, -0.15) is 0 Å². The first-order valence-corrected chi connectivity index (χ1v) is 9.50. The molecule has 5 nitrogen and oxygen atoms in total. The fraction of sp³-hybridized carbons (Fsp3) is 0.318. The van der Waals surface area contributed by atoms with Crippen LogP contribution in [0.4, 0.5) is 0 Å². The van der Waals surface area contributed by atoms with Crippen molar-refractivity contribution in [1.82, 2.24) is 15.0 Å². The van der Waals surface area contributed by atoms with E-state index in [1.807, 2.05) is 78.0 Å². The third kappa shape index (κ3) is 5.03. The Kier molecular flexibility index (Phi) is 8.93. The van der Waals surface area contributed by atoms with Gasteiger partial charge >= 0.3 is 5.97 Å². The largest absolute Gasteiger partial charge is 0.478 e. The van der Waals surface area contributed by atoms with E-state index in [1.54, 1.807) is 6.07 Å². The molecule has 0 radical (unpaired) electrons. The molecule has 27 heavy (non-hydrogen) atoms. The van der Waals surface area contributed by atoms with Gasteiger partial charge in [-0.25, -0.2) is 14.8 Å². The number of hydrogen-bond acceptors (Lipinski definition) is 3. The van der Waals surface area contributed by atoms with Crippen molar-refractivity contribution in [3.8, 4) is 11.5 Å². The van der Waals surface area contributed by atoms with E-state index in [9.17, 15) is 9.90 Å². The van der Waals surface area contributed by atoms with Crippen LogP contribution in [0.25, 0.3) is 34.6 Å². The number of hydrogen-bond donors (Lipinski definition) is 2. The number of rotatable bonds is 3. The van der Waals surface area contributed by atoms with Crippen LogP contribution in [0.1, 0.15) is 58.3 Å². The molecule has 0 saturated heterocycles. The normalized spacial score (nSPS) is 11.5. The summed E-state index contributed by atoms with van der Waals surface area (Å²) in [6, 6.07) is 9.09. The summed E-state index contributed by atoms with van der Waals surface area (Å²) in [5, 5.41) is 12.0. The van der Waals surface area contributed by atoms with Gasteiger partial charge in [-0.15, -0.1) is 0 Å². The lowest BCUT2D eigenvalue weighted by molar-refractivity contribution is 0.0697. The second-order valence-electron chi connectivity index (χ2n) is 5.17. The smallest absolute Gasteiger partial charge is 0.338 e. The number of carboxylic acids is 1. The fourth-order valence-corrected chi connectivity index (χ4v) is 2.55. The minimum atomic E-state index is -1.02. The number of carbonyl (C=O) groups is 1. The number of aromatic nitrogens is 3. The van der Waals surface area contributed by atoms with Crippen LogP contribution in [-0.2, 0) is 0 Å². The van der Waals surface area contributed by atoms with Gasteiger partial charge in [0.15, 0.2) is 5.82 Å². The average Bonchev–Trinajstić information content (AvgIpc) is 3.13. The number of pyridine rings is 1. The van der Waals surface area contributed by atoms with Crippen molar-refractivity contribution in [3.63, 3.8) is 0 Å². The average molecular weight is 367 g/mol. The van der Waals surface area contributed by atoms with Gasteiger partial charge in [0, 0.05) is 5.39 Å². The van der Waals surface area contributed by atoms with Crippen molar-refractivity contribution in [3.05, 3.63) is 46.6 Å². The number of para-hydroxylation sites is 1. The third-order valence-corrected chi connectivity index (χ3v) is 3.62. The highest BCUT2D eigenvalue weighted by Crippen LogP contribution is 2.22. The molecule has 3 rings (SSSR count). The zero-order chi connectivity index (χ0) is 20.4. The van der Waals surface area contributed by atoms with E-state index in [-0.39, 0.29) is 5.56 Å². The van der Waals surface area contributed by atoms with Crippen molar-refractivity contribution in [2.75, 3.05) is 0 Å². The molecule has 0 atom stereocenters. The van der Waals surface area contributed by atoms with E-state index in [1.165, 1.54) is 0 Å². The van der Waals surface area contributed by atoms with Gasteiger partial charge in [0.2, 0.25) is 0 Å². The van der Waals surface area contributed by atoms with Gasteiger partial charge in [0.05, 0.1) is 21.8 Å². The summed E-state index contributed by atoms with van der Waals surface area (Å²) in [5.41, 5.74) is 1.24. The lowest BCUT2D eigenvalue weighted by Crippen LogP contribution is -2.23. The molecule has 144 valence electrons. The molecule has 0 aliphatic carbocycles. The minimum Gasteiger partial charge on any atom is -0.478 e. The Balaban J connectivity index is 0.000000855. The van der Waals surface area contributed by atoms with Crippen molar-refractivity contribution in [2.24, 2.45) is 0 Å². The van der Waals surface area contributed by atoms with Gasteiger partial charge in [-0.1, -0.05) is 65.0 Å². The van der Waals surface area contributed by atoms with Crippen molar-refractivity contribution < 1.29 is 9.90 Å². The van der Waals surface area contributed by atoms with Gasteiger partial charge in [-0.3, -0.25) is 0 Å². The highest BCUT2D eigenvalue weighted by molar-refractivity contribution is 5.98. The Morgan fingerprint density at radius 1 is 1.15 bits per heavy atom. The van der Waals surface area contributed by atoms with Gasteiger partial charge < -0.3 is 10.1 Å². The number of fused-ring (bicyclic) bond motifs is 1. The number of H-pyrrole nitrogens is 1. The number of aromatic amines is 1. The van der Waals surface area contributed by atoms with Crippen LogP contribution in [0.3, 0.4) is 0 Å². The number of nitrogens with one attached hydrogen (secondary N) is 1. The summed E-state index contributed by atoms with van der Waals surface area (Å²) in [4.78, 5) is 23.8. The van der Waals surface area contributed by atoms with E-state index in [0.717, 1.165) is 28.0 Å². The highest BCUT2D eigenvalue weighted by atomic mass is 16.4. The molecule has 2 heterocycles. The van der Waals surface area contributed by atoms with Gasteiger partial charge in [0.25, 0.3) is 0 Å². The minimum absolute atomic E-state index is 0.142. The fourth-order valence-electron chi connectivity index (χ4n) is 2.55. The Labute approximate surface area is 160 Å². The Morgan fingerprint density at radius 3 is 2.41 bits per heavy atom. The Bertz CT molecular complexity index is 1000. The van der Waals surface area contributed by atoms with Crippen LogP contribution in [0.2, 0.25) is 0 Å². The van der Waals surface area contributed by atoms with E-state index in [2.05, 4.69) is 15.0 Å². The van der Waals surface area contributed by atoms with E-state index < -0.39 is 5.97 Å². The summed E-state index contributed by atoms with van der Waals surface area (Å²) < 4.78 is 0. The van der Waals surface area contributed by atoms with Crippen molar-refractivity contribution in [2.45, 2.75) is 48.0 Å². The molecule has 2 aromatic heterocycles. The summed E-state index contributed by atoms with van der Waals surface area (Å²) in [5.74, 6) is -0.543. The number of imidazole rings is 1. The number of benzene rings is 1. The maximum atomic E-state index is 11.6. The zero-order valence-electron chi connectivity index (χ0n) is 17.0. The molecule has 0 saturated carbocycles. The summed E-state index contributed by atoms with van der Waals surface area (Å²) in [7, 11) is 0. The van der Waals surface area contributed by atoms with E-state index in [0.29, 0.717) is 11.5 Å². The lowest BCUT2D eigenvalue weighted by atomic mass is 10.1. The van der Waals surface area contributed by atoms with E-state index >= 15 is 0 Å². The monoisotopic (exact) mass is 367 g/mol. The second kappa shape index (κ2) is 10.9. The molecule has 2 N–H and O–H groups in total. The molecule has 0 spiro atoms. The van der Waals surface area contributed by atoms with Crippen LogP contribution in [-0.4, -0.2) is 26.0 Å². The van der Waals surface area contributed by atoms with Crippen LogP contribution < -0.4 is 10.7 Å². The van der Waals surface area contributed by atoms with Crippen LogP contribution >= 0.6 is 0 Å². The standard InChI is InChI=1S/C18H17N3O2.2C2H6/c1-3-7-15-13(4-2)20-17(21-15)16-12(18(22)23)10-11-8-5-6-9-14(11)19-16;2*1-2/h4-10H,3H2,1-2H3,(H,20,21)(H,22,23);2*1-2H3/b13-4+,15-7+;;. The van der Waals surface area contributed by atoms with Gasteiger partial charge in [-0.05, 0) is 25.5 Å². The van der Waals surface area contributed by atoms with E-state index in [4.69, 9.17) is 0 Å². The summed E-state index contributed by atoms with van der Waals surface area (Å²) >= 11 is 0.